The molecule has 0 aliphatic heterocycles. The van der Waals surface area contributed by atoms with E-state index in [-0.39, 0.29) is 6.04 Å². The van der Waals surface area contributed by atoms with Gasteiger partial charge in [0.25, 0.3) is 0 Å². The Balaban J connectivity index is 2.30. The number of aromatic nitrogens is 2. The Morgan fingerprint density at radius 3 is 2.95 bits per heavy atom. The highest BCUT2D eigenvalue weighted by Gasteiger charge is 2.13. The molecule has 0 saturated carbocycles. The highest BCUT2D eigenvalue weighted by Crippen LogP contribution is 2.20. The molecule has 2 aromatic rings. The van der Waals surface area contributed by atoms with E-state index in [1.54, 1.807) is 6.07 Å². The van der Waals surface area contributed by atoms with Crippen molar-refractivity contribution in [1.82, 2.24) is 15.1 Å². The van der Waals surface area contributed by atoms with Crippen LogP contribution in [0, 0.1) is 18.3 Å². The summed E-state index contributed by atoms with van der Waals surface area (Å²) in [5.41, 5.74) is 3.88. The van der Waals surface area contributed by atoms with Crippen LogP contribution >= 0.6 is 0 Å². The molecule has 0 aliphatic rings. The van der Waals surface area contributed by atoms with Gasteiger partial charge in [0.1, 0.15) is 0 Å². The van der Waals surface area contributed by atoms with Crippen molar-refractivity contribution in [2.75, 3.05) is 6.54 Å². The quantitative estimate of drug-likeness (QED) is 0.906. The average Bonchev–Trinajstić information content (AvgIpc) is 2.86. The van der Waals surface area contributed by atoms with Crippen LogP contribution in [0.5, 0.6) is 0 Å². The average molecular weight is 268 g/mol. The Labute approximate surface area is 120 Å². The van der Waals surface area contributed by atoms with Gasteiger partial charge in [-0.3, -0.25) is 0 Å². The topological polar surface area (TPSA) is 53.6 Å². The monoisotopic (exact) mass is 268 g/mol. The number of hydrogen-bond acceptors (Lipinski definition) is 3. The predicted octanol–water partition coefficient (Wildman–Crippen LogP) is 3.11. The van der Waals surface area contributed by atoms with Crippen molar-refractivity contribution in [3.05, 3.63) is 47.3 Å². The van der Waals surface area contributed by atoms with Crippen molar-refractivity contribution < 1.29 is 0 Å². The number of nitrogens with one attached hydrogen (secondary N) is 1. The summed E-state index contributed by atoms with van der Waals surface area (Å²) in [6, 6.07) is 9.95. The number of nitrogens with zero attached hydrogens (tertiary/aromatic N) is 3. The molecule has 0 saturated heterocycles. The highest BCUT2D eigenvalue weighted by molar-refractivity contribution is 5.42. The Kier molecular flexibility index (Phi) is 4.54. The second-order valence-corrected chi connectivity index (χ2v) is 4.94. The molecule has 1 aromatic heterocycles. The lowest BCUT2D eigenvalue weighted by Crippen LogP contribution is -2.19. The summed E-state index contributed by atoms with van der Waals surface area (Å²) in [5, 5.41) is 16.9. The van der Waals surface area contributed by atoms with Crippen molar-refractivity contribution in [1.29, 1.82) is 5.26 Å². The first-order chi connectivity index (χ1) is 9.67. The van der Waals surface area contributed by atoms with Gasteiger partial charge in [-0.25, -0.2) is 4.68 Å². The summed E-state index contributed by atoms with van der Waals surface area (Å²) in [6.45, 7) is 7.36. The standard InChI is InChI=1S/C16H20N4/c1-4-8-18-12(2)16-11-19-20(13(16)3)15-7-5-6-14(9-15)10-17/h5-7,9,11-12,18H,4,8H2,1-3H3. The van der Waals surface area contributed by atoms with Gasteiger partial charge in [0.05, 0.1) is 23.5 Å². The smallest absolute Gasteiger partial charge is 0.0992 e. The van der Waals surface area contributed by atoms with Gasteiger partial charge in [-0.05, 0) is 45.0 Å². The molecule has 104 valence electrons. The fraction of sp³-hybridized carbons (Fsp3) is 0.375. The number of benzene rings is 1. The van der Waals surface area contributed by atoms with Crippen LogP contribution in [-0.4, -0.2) is 16.3 Å². The van der Waals surface area contributed by atoms with Crippen LogP contribution in [0.25, 0.3) is 5.69 Å². The lowest BCUT2D eigenvalue weighted by molar-refractivity contribution is 0.568. The van der Waals surface area contributed by atoms with E-state index in [0.29, 0.717) is 5.56 Å². The van der Waals surface area contributed by atoms with Crippen LogP contribution < -0.4 is 5.32 Å². The summed E-state index contributed by atoms with van der Waals surface area (Å²) < 4.78 is 1.89. The molecule has 1 unspecified atom stereocenters. The van der Waals surface area contributed by atoms with E-state index in [1.165, 1.54) is 5.56 Å². The predicted molar refractivity (Wildman–Crippen MR) is 79.7 cm³/mol. The number of rotatable bonds is 5. The van der Waals surface area contributed by atoms with E-state index in [2.05, 4.69) is 37.3 Å². The van der Waals surface area contributed by atoms with Gasteiger partial charge < -0.3 is 5.32 Å². The van der Waals surface area contributed by atoms with E-state index in [9.17, 15) is 0 Å². The third-order valence-corrected chi connectivity index (χ3v) is 3.43. The Morgan fingerprint density at radius 1 is 1.45 bits per heavy atom. The lowest BCUT2D eigenvalue weighted by Gasteiger charge is -2.13. The van der Waals surface area contributed by atoms with Crippen LogP contribution in [0.4, 0.5) is 0 Å². The van der Waals surface area contributed by atoms with E-state index < -0.39 is 0 Å². The first-order valence-corrected chi connectivity index (χ1v) is 6.95. The maximum absolute atomic E-state index is 8.98. The van der Waals surface area contributed by atoms with Gasteiger partial charge in [-0.2, -0.15) is 10.4 Å². The van der Waals surface area contributed by atoms with Crippen molar-refractivity contribution in [2.45, 2.75) is 33.2 Å². The zero-order valence-corrected chi connectivity index (χ0v) is 12.2. The molecule has 1 atom stereocenters. The summed E-state index contributed by atoms with van der Waals surface area (Å²) in [7, 11) is 0. The fourth-order valence-corrected chi connectivity index (χ4v) is 2.29. The summed E-state index contributed by atoms with van der Waals surface area (Å²) in [5.74, 6) is 0. The molecule has 0 spiro atoms. The van der Waals surface area contributed by atoms with E-state index in [1.807, 2.05) is 29.1 Å². The second-order valence-electron chi connectivity index (χ2n) is 4.94. The van der Waals surface area contributed by atoms with Gasteiger partial charge in [0, 0.05) is 17.3 Å². The molecular formula is C16H20N4. The molecule has 0 amide bonds. The summed E-state index contributed by atoms with van der Waals surface area (Å²) >= 11 is 0. The Morgan fingerprint density at radius 2 is 2.25 bits per heavy atom. The Hall–Kier alpha value is -2.12. The van der Waals surface area contributed by atoms with Crippen molar-refractivity contribution in [2.24, 2.45) is 0 Å². The molecule has 0 radical (unpaired) electrons. The minimum atomic E-state index is 0.280. The van der Waals surface area contributed by atoms with Crippen molar-refractivity contribution in [3.8, 4) is 11.8 Å². The maximum atomic E-state index is 8.98. The highest BCUT2D eigenvalue weighted by atomic mass is 15.3. The SMILES string of the molecule is CCCNC(C)c1cnn(-c2cccc(C#N)c2)c1C. The molecule has 1 N–H and O–H groups in total. The van der Waals surface area contributed by atoms with Crippen LogP contribution in [0.1, 0.15) is 43.1 Å². The number of hydrogen-bond donors (Lipinski definition) is 1. The zero-order valence-electron chi connectivity index (χ0n) is 12.2. The van der Waals surface area contributed by atoms with Gasteiger partial charge in [-0.1, -0.05) is 13.0 Å². The van der Waals surface area contributed by atoms with E-state index in [0.717, 1.165) is 24.3 Å². The molecule has 0 fully saturated rings. The molecular weight excluding hydrogens is 248 g/mol. The van der Waals surface area contributed by atoms with Gasteiger partial charge in [-0.15, -0.1) is 0 Å². The Bertz CT molecular complexity index is 622. The fourth-order valence-electron chi connectivity index (χ4n) is 2.29. The maximum Gasteiger partial charge on any atom is 0.0992 e. The largest absolute Gasteiger partial charge is 0.310 e. The van der Waals surface area contributed by atoms with Gasteiger partial charge in [0.15, 0.2) is 0 Å². The number of nitriles is 1. The molecule has 0 bridgehead atoms. The minimum absolute atomic E-state index is 0.280. The second kappa shape index (κ2) is 6.36. The van der Waals surface area contributed by atoms with E-state index in [4.69, 9.17) is 5.26 Å². The molecule has 0 aliphatic carbocycles. The summed E-state index contributed by atoms with van der Waals surface area (Å²) in [4.78, 5) is 0. The molecule has 1 aromatic carbocycles. The van der Waals surface area contributed by atoms with Crippen LogP contribution in [0.2, 0.25) is 0 Å². The zero-order chi connectivity index (χ0) is 14.5. The summed E-state index contributed by atoms with van der Waals surface area (Å²) in [6.07, 6.45) is 3.02. The molecule has 4 heteroatoms. The van der Waals surface area contributed by atoms with Crippen LogP contribution in [0.15, 0.2) is 30.5 Å². The van der Waals surface area contributed by atoms with Crippen molar-refractivity contribution >= 4 is 0 Å². The lowest BCUT2D eigenvalue weighted by atomic mass is 10.1. The van der Waals surface area contributed by atoms with Crippen molar-refractivity contribution in [3.63, 3.8) is 0 Å². The third kappa shape index (κ3) is 2.89. The molecule has 1 heterocycles. The first kappa shape index (κ1) is 14.3. The van der Waals surface area contributed by atoms with Gasteiger partial charge in [0.2, 0.25) is 0 Å². The molecule has 2 rings (SSSR count). The first-order valence-electron chi connectivity index (χ1n) is 6.95. The minimum Gasteiger partial charge on any atom is -0.310 e. The van der Waals surface area contributed by atoms with Gasteiger partial charge >= 0.3 is 0 Å². The molecule has 4 nitrogen and oxygen atoms in total. The molecule has 20 heavy (non-hydrogen) atoms. The normalized spacial score (nSPS) is 12.1. The van der Waals surface area contributed by atoms with Crippen LogP contribution in [-0.2, 0) is 0 Å². The van der Waals surface area contributed by atoms with E-state index >= 15 is 0 Å². The third-order valence-electron chi connectivity index (χ3n) is 3.43. The van der Waals surface area contributed by atoms with Crippen LogP contribution in [0.3, 0.4) is 0 Å².